The summed E-state index contributed by atoms with van der Waals surface area (Å²) in [5.41, 5.74) is 4.87. The van der Waals surface area contributed by atoms with E-state index >= 15 is 0 Å². The zero-order chi connectivity index (χ0) is 17.8. The monoisotopic (exact) mass is 404 g/mol. The second-order valence-corrected chi connectivity index (χ2v) is 7.61. The van der Waals surface area contributed by atoms with E-state index in [1.807, 2.05) is 12.1 Å². The molecular formula is C21H25BrO3. The second kappa shape index (κ2) is 8.45. The number of hydrogen-bond acceptors (Lipinski definition) is 3. The summed E-state index contributed by atoms with van der Waals surface area (Å²) in [4.78, 5) is 0. The Morgan fingerprint density at radius 3 is 2.48 bits per heavy atom. The van der Waals surface area contributed by atoms with E-state index in [1.54, 1.807) is 0 Å². The molecule has 3 nitrogen and oxygen atoms in total. The highest BCUT2D eigenvalue weighted by Gasteiger charge is 2.29. The average molecular weight is 405 g/mol. The first-order chi connectivity index (χ1) is 12.1. The fourth-order valence-corrected chi connectivity index (χ4v) is 3.75. The summed E-state index contributed by atoms with van der Waals surface area (Å²) in [6.45, 7) is 2.11. The molecule has 1 heterocycles. The molecule has 4 heteroatoms. The lowest BCUT2D eigenvalue weighted by Crippen LogP contribution is -2.33. The maximum atomic E-state index is 10.1. The fraction of sp³-hybridized carbons (Fsp3) is 0.429. The van der Waals surface area contributed by atoms with Crippen molar-refractivity contribution in [1.82, 2.24) is 0 Å². The van der Waals surface area contributed by atoms with Crippen molar-refractivity contribution in [2.45, 2.75) is 50.9 Å². The van der Waals surface area contributed by atoms with Crippen LogP contribution in [0.15, 0.2) is 46.9 Å². The van der Waals surface area contributed by atoms with Gasteiger partial charge in [-0.15, -0.1) is 0 Å². The van der Waals surface area contributed by atoms with Crippen LogP contribution in [0.3, 0.4) is 0 Å². The number of aliphatic hydroxyl groups is 2. The van der Waals surface area contributed by atoms with Crippen LogP contribution in [0.2, 0.25) is 0 Å². The number of aliphatic hydroxyl groups excluding tert-OH is 2. The molecule has 2 aromatic carbocycles. The predicted octanol–water partition coefficient (Wildman–Crippen LogP) is 4.18. The molecule has 1 saturated heterocycles. The Morgan fingerprint density at radius 1 is 1.08 bits per heavy atom. The molecule has 0 aliphatic carbocycles. The van der Waals surface area contributed by atoms with Crippen LogP contribution in [-0.2, 0) is 17.6 Å². The fourth-order valence-electron chi connectivity index (χ4n) is 3.37. The van der Waals surface area contributed by atoms with Gasteiger partial charge in [-0.2, -0.15) is 0 Å². The second-order valence-electron chi connectivity index (χ2n) is 6.75. The lowest BCUT2D eigenvalue weighted by atomic mass is 9.94. The first-order valence-corrected chi connectivity index (χ1v) is 9.68. The third-order valence-corrected chi connectivity index (χ3v) is 5.62. The SMILES string of the molecule is CCc1ccc(Cc2cc(C3CC(O)CC(CO)O3)ccc2Br)cc1. The molecule has 1 fully saturated rings. The van der Waals surface area contributed by atoms with E-state index < -0.39 is 6.10 Å². The minimum Gasteiger partial charge on any atom is -0.394 e. The van der Waals surface area contributed by atoms with Crippen molar-refractivity contribution < 1.29 is 14.9 Å². The van der Waals surface area contributed by atoms with Gasteiger partial charge in [0, 0.05) is 17.3 Å². The van der Waals surface area contributed by atoms with Gasteiger partial charge in [0.2, 0.25) is 0 Å². The molecule has 25 heavy (non-hydrogen) atoms. The van der Waals surface area contributed by atoms with E-state index in [2.05, 4.69) is 53.2 Å². The minimum atomic E-state index is -0.426. The summed E-state index contributed by atoms with van der Waals surface area (Å²) in [5, 5.41) is 19.4. The topological polar surface area (TPSA) is 49.7 Å². The third kappa shape index (κ3) is 4.70. The largest absolute Gasteiger partial charge is 0.394 e. The summed E-state index contributed by atoms with van der Waals surface area (Å²) < 4.78 is 7.02. The van der Waals surface area contributed by atoms with Gasteiger partial charge in [0.1, 0.15) is 0 Å². The summed E-state index contributed by atoms with van der Waals surface area (Å²) in [6.07, 6.45) is 2.08. The predicted molar refractivity (Wildman–Crippen MR) is 103 cm³/mol. The highest BCUT2D eigenvalue weighted by molar-refractivity contribution is 9.10. The van der Waals surface area contributed by atoms with Gasteiger partial charge < -0.3 is 14.9 Å². The highest BCUT2D eigenvalue weighted by atomic mass is 79.9. The van der Waals surface area contributed by atoms with Crippen molar-refractivity contribution in [3.8, 4) is 0 Å². The quantitative estimate of drug-likeness (QED) is 0.785. The molecule has 1 aliphatic rings. The van der Waals surface area contributed by atoms with Crippen molar-refractivity contribution in [3.63, 3.8) is 0 Å². The Kier molecular flexibility index (Phi) is 6.29. The smallest absolute Gasteiger partial charge is 0.0854 e. The standard InChI is InChI=1S/C21H25BrO3/c1-2-14-3-5-15(6-4-14)9-17-10-16(7-8-20(17)22)21-12-18(24)11-19(13-23)25-21/h3-8,10,18-19,21,23-24H,2,9,11-13H2,1H3. The molecular weight excluding hydrogens is 380 g/mol. The molecule has 0 aromatic heterocycles. The molecule has 2 aromatic rings. The van der Waals surface area contributed by atoms with Gasteiger partial charge in [-0.3, -0.25) is 0 Å². The number of rotatable bonds is 5. The number of halogens is 1. The minimum absolute atomic E-state index is 0.0548. The van der Waals surface area contributed by atoms with Crippen LogP contribution in [0.5, 0.6) is 0 Å². The average Bonchev–Trinajstić information content (AvgIpc) is 2.63. The van der Waals surface area contributed by atoms with Gasteiger partial charge in [-0.1, -0.05) is 59.3 Å². The van der Waals surface area contributed by atoms with Crippen LogP contribution in [0, 0.1) is 0 Å². The van der Waals surface area contributed by atoms with Crippen LogP contribution in [0.25, 0.3) is 0 Å². The van der Waals surface area contributed by atoms with Crippen molar-refractivity contribution in [2.75, 3.05) is 6.61 Å². The molecule has 0 amide bonds. The molecule has 0 spiro atoms. The first-order valence-electron chi connectivity index (χ1n) is 8.89. The third-order valence-electron chi connectivity index (χ3n) is 4.85. The molecule has 3 atom stereocenters. The van der Waals surface area contributed by atoms with Gasteiger partial charge in [-0.25, -0.2) is 0 Å². The van der Waals surface area contributed by atoms with E-state index in [0.717, 1.165) is 22.9 Å². The first kappa shape index (κ1) is 18.6. The summed E-state index contributed by atoms with van der Waals surface area (Å²) in [6, 6.07) is 14.9. The van der Waals surface area contributed by atoms with Crippen LogP contribution in [0.1, 0.15) is 48.1 Å². The van der Waals surface area contributed by atoms with Crippen LogP contribution in [-0.4, -0.2) is 29.0 Å². The van der Waals surface area contributed by atoms with Crippen molar-refractivity contribution >= 4 is 15.9 Å². The molecule has 0 bridgehead atoms. The lowest BCUT2D eigenvalue weighted by molar-refractivity contribution is -0.113. The van der Waals surface area contributed by atoms with E-state index in [4.69, 9.17) is 4.74 Å². The summed E-state index contributed by atoms with van der Waals surface area (Å²) in [7, 11) is 0. The molecule has 2 N–H and O–H groups in total. The lowest BCUT2D eigenvalue weighted by Gasteiger charge is -2.32. The zero-order valence-electron chi connectivity index (χ0n) is 14.5. The Hall–Kier alpha value is -1.20. The van der Waals surface area contributed by atoms with Gasteiger partial charge in [-0.05, 0) is 41.2 Å². The van der Waals surface area contributed by atoms with Crippen molar-refractivity contribution in [1.29, 1.82) is 0 Å². The normalized spacial score (nSPS) is 23.6. The van der Waals surface area contributed by atoms with Crippen LogP contribution >= 0.6 is 15.9 Å². The van der Waals surface area contributed by atoms with Crippen LogP contribution in [0.4, 0.5) is 0 Å². The molecule has 0 saturated carbocycles. The number of hydrogen-bond donors (Lipinski definition) is 2. The van der Waals surface area contributed by atoms with E-state index in [1.165, 1.54) is 16.7 Å². The van der Waals surface area contributed by atoms with E-state index in [-0.39, 0.29) is 18.8 Å². The highest BCUT2D eigenvalue weighted by Crippen LogP contribution is 2.33. The molecule has 1 aliphatic heterocycles. The molecule has 3 unspecified atom stereocenters. The van der Waals surface area contributed by atoms with Crippen LogP contribution < -0.4 is 0 Å². The number of aryl methyl sites for hydroxylation is 1. The molecule has 134 valence electrons. The maximum Gasteiger partial charge on any atom is 0.0854 e. The zero-order valence-corrected chi connectivity index (χ0v) is 16.1. The Balaban J connectivity index is 1.79. The van der Waals surface area contributed by atoms with Gasteiger partial charge in [0.15, 0.2) is 0 Å². The number of ether oxygens (including phenoxy) is 1. The van der Waals surface area contributed by atoms with Crippen molar-refractivity contribution in [2.24, 2.45) is 0 Å². The summed E-state index contributed by atoms with van der Waals surface area (Å²) in [5.74, 6) is 0. The van der Waals surface area contributed by atoms with E-state index in [0.29, 0.717) is 12.8 Å². The molecule has 0 radical (unpaired) electrons. The number of benzene rings is 2. The Bertz CT molecular complexity index is 699. The van der Waals surface area contributed by atoms with Gasteiger partial charge >= 0.3 is 0 Å². The van der Waals surface area contributed by atoms with Gasteiger partial charge in [0.25, 0.3) is 0 Å². The molecule has 3 rings (SSSR count). The Morgan fingerprint density at radius 2 is 1.80 bits per heavy atom. The maximum absolute atomic E-state index is 10.1. The Labute approximate surface area is 157 Å². The van der Waals surface area contributed by atoms with E-state index in [9.17, 15) is 10.2 Å². The summed E-state index contributed by atoms with van der Waals surface area (Å²) >= 11 is 3.65. The van der Waals surface area contributed by atoms with Crippen molar-refractivity contribution in [3.05, 3.63) is 69.2 Å². The van der Waals surface area contributed by atoms with Gasteiger partial charge in [0.05, 0.1) is 24.9 Å².